The fourth-order valence-corrected chi connectivity index (χ4v) is 8.38. The number of carbonyl (C=O) groups excluding carboxylic acids is 4. The number of nitrogens with one attached hydrogen (secondary N) is 1. The first kappa shape index (κ1) is 42.3. The Morgan fingerprint density at radius 1 is 0.912 bits per heavy atom. The molecule has 14 nitrogen and oxygen atoms in total. The van der Waals surface area contributed by atoms with Crippen LogP contribution < -0.4 is 11.1 Å². The largest absolute Gasteiger partial charge is 0.462 e. The van der Waals surface area contributed by atoms with Gasteiger partial charge < -0.3 is 40.0 Å². The fraction of sp³-hybridized carbons (Fsp3) is 0.590. The number of benzene rings is 2. The van der Waals surface area contributed by atoms with E-state index >= 15 is 0 Å². The third-order valence-electron chi connectivity index (χ3n) is 11.3. The van der Waals surface area contributed by atoms with Gasteiger partial charge in [0.2, 0.25) is 0 Å². The van der Waals surface area contributed by atoms with Gasteiger partial charge in [0.1, 0.15) is 6.61 Å². The van der Waals surface area contributed by atoms with Crippen LogP contribution in [0.4, 0.5) is 34.1 Å². The lowest BCUT2D eigenvalue weighted by Gasteiger charge is -2.43. The van der Waals surface area contributed by atoms with E-state index in [1.54, 1.807) is 16.9 Å². The summed E-state index contributed by atoms with van der Waals surface area (Å²) in [4.78, 5) is 62.3. The topological polar surface area (TPSA) is 150 Å². The maximum absolute atomic E-state index is 14.1. The van der Waals surface area contributed by atoms with Crippen molar-refractivity contribution in [2.75, 3.05) is 96.8 Å². The minimum Gasteiger partial charge on any atom is -0.462 e. The number of ether oxygens (including phenoxy) is 3. The summed E-state index contributed by atoms with van der Waals surface area (Å²) in [7, 11) is 1.54. The lowest BCUT2D eigenvalue weighted by atomic mass is 10.0. The average Bonchev–Trinajstić information content (AvgIpc) is 3.36. The Bertz CT molecular complexity index is 1750. The number of hydrogen-bond donors (Lipinski definition) is 2. The standard InChI is InChI=1S/C39H51ClF3N7O7/c1-55-20-21-56-34(51)25-46-11-7-28(8-12-46)47-16-18-48(19-17-47)36(52)33(24-26-22-30(39(41,42)43)35(44)31(40)23-26)57-38(54)49-13-9-29(10-14-49)50-15-6-27-4-2-3-5-32(27)45-37(50)53/h2-5,22-23,28-29,33H,6-21,24-25,44H2,1H3,(H,45,53)/t33-/m1/s1. The molecule has 0 aromatic heterocycles. The number of rotatable bonds is 11. The van der Waals surface area contributed by atoms with Crippen molar-refractivity contribution in [1.82, 2.24) is 24.5 Å². The number of alkyl halides is 3. The summed E-state index contributed by atoms with van der Waals surface area (Å²) in [5.74, 6) is -0.802. The normalized spacial score (nSPS) is 19.7. The lowest BCUT2D eigenvalue weighted by molar-refractivity contribution is -0.146. The van der Waals surface area contributed by atoms with E-state index in [-0.39, 0.29) is 67.3 Å². The van der Waals surface area contributed by atoms with E-state index in [9.17, 15) is 32.3 Å². The number of hydrogen-bond acceptors (Lipinski definition) is 10. The van der Waals surface area contributed by atoms with Gasteiger partial charge in [0.25, 0.3) is 5.91 Å². The third-order valence-corrected chi connectivity index (χ3v) is 11.7. The summed E-state index contributed by atoms with van der Waals surface area (Å²) in [6.45, 7) is 5.06. The van der Waals surface area contributed by atoms with Gasteiger partial charge in [-0.05, 0) is 61.4 Å². The number of esters is 1. The van der Waals surface area contributed by atoms with E-state index in [4.69, 9.17) is 31.5 Å². The number of piperazine rings is 1. The van der Waals surface area contributed by atoms with Gasteiger partial charge in [-0.3, -0.25) is 19.4 Å². The molecule has 0 radical (unpaired) electrons. The Kier molecular flexibility index (Phi) is 14.1. The van der Waals surface area contributed by atoms with Crippen molar-refractivity contribution in [3.05, 3.63) is 58.1 Å². The van der Waals surface area contributed by atoms with Gasteiger partial charge in [0, 0.05) is 90.2 Å². The van der Waals surface area contributed by atoms with E-state index in [0.29, 0.717) is 58.6 Å². The molecule has 0 spiro atoms. The Labute approximate surface area is 335 Å². The molecule has 4 amide bonds. The van der Waals surface area contributed by atoms with Gasteiger partial charge in [-0.25, -0.2) is 9.59 Å². The second-order valence-electron chi connectivity index (χ2n) is 14.9. The number of anilines is 2. The van der Waals surface area contributed by atoms with Crippen molar-refractivity contribution in [3.63, 3.8) is 0 Å². The molecular formula is C39H51ClF3N7O7. The van der Waals surface area contributed by atoms with Crippen LogP contribution in [-0.2, 0) is 42.8 Å². The number of nitrogen functional groups attached to an aromatic ring is 1. The molecule has 0 saturated carbocycles. The second-order valence-corrected chi connectivity index (χ2v) is 15.4. The highest BCUT2D eigenvalue weighted by molar-refractivity contribution is 6.33. The number of carbonyl (C=O) groups is 4. The molecule has 6 rings (SSSR count). The van der Waals surface area contributed by atoms with Gasteiger partial charge in [-0.15, -0.1) is 0 Å². The van der Waals surface area contributed by atoms with Crippen molar-refractivity contribution in [3.8, 4) is 0 Å². The molecule has 4 aliphatic heterocycles. The molecule has 18 heteroatoms. The predicted molar refractivity (Wildman–Crippen MR) is 206 cm³/mol. The van der Waals surface area contributed by atoms with Crippen molar-refractivity contribution in [2.45, 2.75) is 62.9 Å². The molecule has 2 aromatic carbocycles. The Morgan fingerprint density at radius 2 is 1.60 bits per heavy atom. The fourth-order valence-electron chi connectivity index (χ4n) is 8.14. The summed E-state index contributed by atoms with van der Waals surface area (Å²) in [5.41, 5.74) is 5.80. The summed E-state index contributed by atoms with van der Waals surface area (Å²) >= 11 is 6.13. The molecule has 4 aliphatic rings. The Balaban J connectivity index is 1.07. The van der Waals surface area contributed by atoms with E-state index in [1.807, 2.05) is 24.3 Å². The summed E-state index contributed by atoms with van der Waals surface area (Å²) < 4.78 is 57.6. The number of methoxy groups -OCH3 is 1. The van der Waals surface area contributed by atoms with Crippen LogP contribution in [0.25, 0.3) is 0 Å². The summed E-state index contributed by atoms with van der Waals surface area (Å²) in [6, 6.07) is 9.70. The second kappa shape index (κ2) is 19.0. The molecule has 57 heavy (non-hydrogen) atoms. The zero-order valence-corrected chi connectivity index (χ0v) is 32.9. The van der Waals surface area contributed by atoms with Crippen LogP contribution >= 0.6 is 11.6 Å². The van der Waals surface area contributed by atoms with Crippen molar-refractivity contribution < 1.29 is 46.6 Å². The van der Waals surface area contributed by atoms with E-state index in [0.717, 1.165) is 43.2 Å². The zero-order chi connectivity index (χ0) is 40.7. The quantitative estimate of drug-likeness (QED) is 0.191. The van der Waals surface area contributed by atoms with Crippen LogP contribution in [0.3, 0.4) is 0 Å². The van der Waals surface area contributed by atoms with Gasteiger partial charge >= 0.3 is 24.3 Å². The summed E-state index contributed by atoms with van der Waals surface area (Å²) in [5, 5.41) is 2.66. The number of halogens is 4. The van der Waals surface area contributed by atoms with Gasteiger partial charge in [-0.2, -0.15) is 13.2 Å². The van der Waals surface area contributed by atoms with Crippen LogP contribution in [0, 0.1) is 0 Å². The van der Waals surface area contributed by atoms with Crippen LogP contribution in [0.1, 0.15) is 42.4 Å². The number of urea groups is 1. The van der Waals surface area contributed by atoms with Crippen LogP contribution in [0.5, 0.6) is 0 Å². The molecule has 0 unspecified atom stereocenters. The first-order chi connectivity index (χ1) is 27.3. The Morgan fingerprint density at radius 3 is 2.28 bits per heavy atom. The number of nitrogens with zero attached hydrogens (tertiary/aromatic N) is 5. The van der Waals surface area contributed by atoms with Gasteiger partial charge in [0.15, 0.2) is 6.10 Å². The lowest BCUT2D eigenvalue weighted by Crippen LogP contribution is -2.57. The third kappa shape index (κ3) is 10.8. The maximum atomic E-state index is 14.1. The molecule has 3 saturated heterocycles. The number of para-hydroxylation sites is 1. The summed E-state index contributed by atoms with van der Waals surface area (Å²) in [6.07, 6.45) is -3.99. The van der Waals surface area contributed by atoms with E-state index < -0.39 is 35.5 Å². The van der Waals surface area contributed by atoms with Crippen LogP contribution in [0.2, 0.25) is 5.02 Å². The molecule has 3 N–H and O–H groups in total. The molecule has 312 valence electrons. The SMILES string of the molecule is COCCOC(=O)CN1CCC(N2CCN(C(=O)[C@@H](Cc3cc(Cl)c(N)c(C(F)(F)F)c3)OC(=O)N3CCC(N4CCc5ccccc5NC4=O)CC3)CC2)CC1. The number of nitrogens with two attached hydrogens (primary N) is 1. The molecule has 0 aliphatic carbocycles. The van der Waals surface area contributed by atoms with Crippen LogP contribution in [0.15, 0.2) is 36.4 Å². The zero-order valence-electron chi connectivity index (χ0n) is 32.1. The van der Waals surface area contributed by atoms with E-state index in [1.165, 1.54) is 11.0 Å². The number of fused-ring (bicyclic) bond motifs is 1. The minimum atomic E-state index is -4.79. The smallest absolute Gasteiger partial charge is 0.418 e. The van der Waals surface area contributed by atoms with Crippen molar-refractivity contribution >= 4 is 47.0 Å². The van der Waals surface area contributed by atoms with Crippen LogP contribution in [-0.4, -0.2) is 152 Å². The predicted octanol–water partition coefficient (Wildman–Crippen LogP) is 4.34. The first-order valence-electron chi connectivity index (χ1n) is 19.5. The highest BCUT2D eigenvalue weighted by Gasteiger charge is 2.38. The monoisotopic (exact) mass is 821 g/mol. The molecule has 1 atom stereocenters. The van der Waals surface area contributed by atoms with Crippen molar-refractivity contribution in [1.29, 1.82) is 0 Å². The molecule has 2 aromatic rings. The highest BCUT2D eigenvalue weighted by Crippen LogP contribution is 2.38. The van der Waals surface area contributed by atoms with Gasteiger partial charge in [-0.1, -0.05) is 29.8 Å². The van der Waals surface area contributed by atoms with Gasteiger partial charge in [0.05, 0.1) is 29.4 Å². The molecular weight excluding hydrogens is 771 g/mol. The number of piperidine rings is 2. The van der Waals surface area contributed by atoms with Crippen molar-refractivity contribution in [2.24, 2.45) is 0 Å². The number of likely N-dealkylation sites (tertiary alicyclic amines) is 2. The Hall–Kier alpha value is -4.32. The number of amides is 4. The highest BCUT2D eigenvalue weighted by atomic mass is 35.5. The maximum Gasteiger partial charge on any atom is 0.418 e. The van der Waals surface area contributed by atoms with E-state index in [2.05, 4.69) is 15.1 Å². The first-order valence-corrected chi connectivity index (χ1v) is 19.8. The molecule has 4 heterocycles. The molecule has 3 fully saturated rings. The minimum absolute atomic E-state index is 0.0486. The average molecular weight is 822 g/mol. The molecule has 0 bridgehead atoms.